The van der Waals surface area contributed by atoms with Crippen LogP contribution >= 0.6 is 0 Å². The van der Waals surface area contributed by atoms with E-state index in [0.717, 1.165) is 19.3 Å². The second-order valence-corrected chi connectivity index (χ2v) is 5.49. The Kier molecular flexibility index (Phi) is 6.91. The van der Waals surface area contributed by atoms with Crippen molar-refractivity contribution in [2.24, 2.45) is 5.92 Å². The van der Waals surface area contributed by atoms with E-state index in [2.05, 4.69) is 17.4 Å². The Morgan fingerprint density at radius 1 is 1.38 bits per heavy atom. The van der Waals surface area contributed by atoms with Crippen LogP contribution in [0.3, 0.4) is 0 Å². The third-order valence-corrected chi connectivity index (χ3v) is 3.07. The van der Waals surface area contributed by atoms with E-state index in [1.165, 1.54) is 0 Å². The summed E-state index contributed by atoms with van der Waals surface area (Å²) in [6, 6.07) is 1.64. The van der Waals surface area contributed by atoms with Crippen LogP contribution in [0.5, 0.6) is 0 Å². The minimum absolute atomic E-state index is 0.00223. The van der Waals surface area contributed by atoms with Crippen LogP contribution in [-0.4, -0.2) is 35.0 Å². The van der Waals surface area contributed by atoms with Gasteiger partial charge in [-0.05, 0) is 13.3 Å². The fourth-order valence-electron chi connectivity index (χ4n) is 1.97. The standard InChI is InChI=1S/C15H25N3O3/c1-5-6-7-8-18(15(20)11(2)3)10-14(19)16-13-9-12(4)21-17-13/h9,11H,5-8,10H2,1-4H3,(H,16,17,19). The number of nitrogens with zero attached hydrogens (tertiary/aromatic N) is 2. The molecule has 0 unspecified atom stereocenters. The molecule has 0 spiro atoms. The minimum Gasteiger partial charge on any atom is -0.360 e. The van der Waals surface area contributed by atoms with Crippen molar-refractivity contribution in [3.63, 3.8) is 0 Å². The second kappa shape index (κ2) is 8.44. The molecule has 1 aromatic heterocycles. The van der Waals surface area contributed by atoms with E-state index in [1.807, 2.05) is 13.8 Å². The van der Waals surface area contributed by atoms with Crippen molar-refractivity contribution in [1.82, 2.24) is 10.1 Å². The van der Waals surface area contributed by atoms with Crippen molar-refractivity contribution in [2.75, 3.05) is 18.4 Å². The van der Waals surface area contributed by atoms with E-state index in [4.69, 9.17) is 4.52 Å². The lowest BCUT2D eigenvalue weighted by Gasteiger charge is -2.23. The molecule has 0 aliphatic heterocycles. The average Bonchev–Trinajstić information content (AvgIpc) is 2.82. The van der Waals surface area contributed by atoms with Crippen molar-refractivity contribution < 1.29 is 14.1 Å². The quantitative estimate of drug-likeness (QED) is 0.748. The third-order valence-electron chi connectivity index (χ3n) is 3.07. The second-order valence-electron chi connectivity index (χ2n) is 5.49. The molecule has 6 heteroatoms. The van der Waals surface area contributed by atoms with Gasteiger partial charge in [-0.15, -0.1) is 0 Å². The summed E-state index contributed by atoms with van der Waals surface area (Å²) in [7, 11) is 0. The monoisotopic (exact) mass is 295 g/mol. The molecule has 1 heterocycles. The van der Waals surface area contributed by atoms with E-state index in [1.54, 1.807) is 17.9 Å². The number of aryl methyl sites for hydroxylation is 1. The number of carbonyl (C=O) groups is 2. The maximum absolute atomic E-state index is 12.1. The van der Waals surface area contributed by atoms with Crippen LogP contribution in [-0.2, 0) is 9.59 Å². The number of rotatable bonds is 8. The smallest absolute Gasteiger partial charge is 0.245 e. The van der Waals surface area contributed by atoms with Crippen molar-refractivity contribution in [2.45, 2.75) is 47.0 Å². The van der Waals surface area contributed by atoms with Crippen molar-refractivity contribution in [3.05, 3.63) is 11.8 Å². The Labute approximate surface area is 125 Å². The van der Waals surface area contributed by atoms with Crippen molar-refractivity contribution >= 4 is 17.6 Å². The summed E-state index contributed by atoms with van der Waals surface area (Å²) < 4.78 is 4.89. The molecule has 0 saturated carbocycles. The number of unbranched alkanes of at least 4 members (excludes halogenated alkanes) is 2. The van der Waals surface area contributed by atoms with Gasteiger partial charge in [0.25, 0.3) is 0 Å². The molecule has 0 saturated heterocycles. The number of aromatic nitrogens is 1. The zero-order valence-electron chi connectivity index (χ0n) is 13.3. The SMILES string of the molecule is CCCCCN(CC(=O)Nc1cc(C)on1)C(=O)C(C)C. The van der Waals surface area contributed by atoms with Gasteiger partial charge in [0.2, 0.25) is 11.8 Å². The fourth-order valence-corrected chi connectivity index (χ4v) is 1.97. The average molecular weight is 295 g/mol. The largest absolute Gasteiger partial charge is 0.360 e. The fraction of sp³-hybridized carbons (Fsp3) is 0.667. The molecule has 0 aliphatic rings. The van der Waals surface area contributed by atoms with Gasteiger partial charge in [-0.2, -0.15) is 0 Å². The molecule has 0 aliphatic carbocycles. The van der Waals surface area contributed by atoms with E-state index in [0.29, 0.717) is 18.1 Å². The van der Waals surface area contributed by atoms with Gasteiger partial charge >= 0.3 is 0 Å². The first-order chi connectivity index (χ1) is 9.93. The van der Waals surface area contributed by atoms with Gasteiger partial charge in [-0.25, -0.2) is 0 Å². The number of hydrogen-bond acceptors (Lipinski definition) is 4. The molecule has 21 heavy (non-hydrogen) atoms. The first kappa shape index (κ1) is 17.2. The maximum atomic E-state index is 12.1. The predicted molar refractivity (Wildman–Crippen MR) is 80.8 cm³/mol. The first-order valence-corrected chi connectivity index (χ1v) is 7.46. The Morgan fingerprint density at radius 3 is 2.62 bits per heavy atom. The van der Waals surface area contributed by atoms with Crippen molar-refractivity contribution in [1.29, 1.82) is 0 Å². The summed E-state index contributed by atoms with van der Waals surface area (Å²) in [5.41, 5.74) is 0. The molecule has 118 valence electrons. The van der Waals surface area contributed by atoms with Crippen LogP contribution in [0.15, 0.2) is 10.6 Å². The highest BCUT2D eigenvalue weighted by atomic mass is 16.5. The van der Waals surface area contributed by atoms with Crippen LogP contribution in [0.2, 0.25) is 0 Å². The van der Waals surface area contributed by atoms with Crippen LogP contribution in [0, 0.1) is 12.8 Å². The van der Waals surface area contributed by atoms with Crippen LogP contribution < -0.4 is 5.32 Å². The Bertz CT molecular complexity index is 468. The van der Waals surface area contributed by atoms with E-state index < -0.39 is 0 Å². The summed E-state index contributed by atoms with van der Waals surface area (Å²) in [5, 5.41) is 6.35. The Balaban J connectivity index is 2.57. The topological polar surface area (TPSA) is 75.4 Å². The molecular weight excluding hydrogens is 270 g/mol. The summed E-state index contributed by atoms with van der Waals surface area (Å²) in [4.78, 5) is 25.8. The number of amides is 2. The van der Waals surface area contributed by atoms with Crippen LogP contribution in [0.1, 0.15) is 45.8 Å². The summed E-state index contributed by atoms with van der Waals surface area (Å²) in [6.45, 7) is 8.20. The van der Waals surface area contributed by atoms with Gasteiger partial charge in [0.15, 0.2) is 5.82 Å². The van der Waals surface area contributed by atoms with Gasteiger partial charge in [0.05, 0.1) is 6.54 Å². The lowest BCUT2D eigenvalue weighted by Crippen LogP contribution is -2.40. The lowest BCUT2D eigenvalue weighted by atomic mass is 10.1. The highest BCUT2D eigenvalue weighted by molar-refractivity contribution is 5.94. The van der Waals surface area contributed by atoms with E-state index in [-0.39, 0.29) is 24.3 Å². The minimum atomic E-state index is -0.256. The van der Waals surface area contributed by atoms with Crippen LogP contribution in [0.4, 0.5) is 5.82 Å². The van der Waals surface area contributed by atoms with Gasteiger partial charge in [-0.1, -0.05) is 38.8 Å². The molecular formula is C15H25N3O3. The molecule has 6 nitrogen and oxygen atoms in total. The molecule has 1 rings (SSSR count). The summed E-state index contributed by atoms with van der Waals surface area (Å²) in [6.07, 6.45) is 3.03. The van der Waals surface area contributed by atoms with E-state index in [9.17, 15) is 9.59 Å². The van der Waals surface area contributed by atoms with Gasteiger partial charge in [0.1, 0.15) is 5.76 Å². The molecule has 0 radical (unpaired) electrons. The molecule has 2 amide bonds. The Morgan fingerprint density at radius 2 is 2.10 bits per heavy atom. The zero-order valence-corrected chi connectivity index (χ0v) is 13.3. The molecule has 1 N–H and O–H groups in total. The van der Waals surface area contributed by atoms with Crippen molar-refractivity contribution in [3.8, 4) is 0 Å². The summed E-state index contributed by atoms with van der Waals surface area (Å²) >= 11 is 0. The number of hydrogen-bond donors (Lipinski definition) is 1. The lowest BCUT2D eigenvalue weighted by molar-refractivity contribution is -0.137. The number of anilines is 1. The molecule has 0 atom stereocenters. The Hall–Kier alpha value is -1.85. The maximum Gasteiger partial charge on any atom is 0.245 e. The third kappa shape index (κ3) is 5.97. The molecule has 1 aromatic rings. The molecule has 0 aromatic carbocycles. The number of carbonyl (C=O) groups excluding carboxylic acids is 2. The summed E-state index contributed by atoms with van der Waals surface area (Å²) in [5.74, 6) is 0.631. The van der Waals surface area contributed by atoms with Gasteiger partial charge in [0, 0.05) is 18.5 Å². The number of nitrogens with one attached hydrogen (secondary N) is 1. The van der Waals surface area contributed by atoms with Gasteiger partial charge < -0.3 is 14.7 Å². The zero-order chi connectivity index (χ0) is 15.8. The van der Waals surface area contributed by atoms with Crippen LogP contribution in [0.25, 0.3) is 0 Å². The van der Waals surface area contributed by atoms with E-state index >= 15 is 0 Å². The first-order valence-electron chi connectivity index (χ1n) is 7.46. The normalized spacial score (nSPS) is 10.7. The highest BCUT2D eigenvalue weighted by Gasteiger charge is 2.20. The molecule has 0 fully saturated rings. The molecule has 0 bridgehead atoms. The predicted octanol–water partition coefficient (Wildman–Crippen LogP) is 2.60. The van der Waals surface area contributed by atoms with Gasteiger partial charge in [-0.3, -0.25) is 9.59 Å². The highest BCUT2D eigenvalue weighted by Crippen LogP contribution is 2.09.